The molecule has 1 fully saturated rings. The van der Waals surface area contributed by atoms with Crippen LogP contribution in [-0.2, 0) is 26.0 Å². The molecule has 0 saturated carbocycles. The molecule has 10 nitrogen and oxygen atoms in total. The number of carbonyl (C=O) groups is 1. The molecule has 0 aromatic heterocycles. The van der Waals surface area contributed by atoms with Crippen LogP contribution in [0.3, 0.4) is 0 Å². The lowest BCUT2D eigenvalue weighted by Crippen LogP contribution is -2.40. The Morgan fingerprint density at radius 3 is 2.18 bits per heavy atom. The molecule has 14 heteroatoms. The third kappa shape index (κ3) is 7.42. The van der Waals surface area contributed by atoms with E-state index < -0.39 is 28.7 Å². The highest BCUT2D eigenvalue weighted by atomic mass is 32.2. The Bertz CT molecular complexity index is 1210. The summed E-state index contributed by atoms with van der Waals surface area (Å²) in [6, 6.07) is 6.66. The number of ether oxygens (including phenoxy) is 5. The molecule has 3 rings (SSSR count). The number of hydrogen-bond donors (Lipinski definition) is 1. The zero-order valence-corrected chi connectivity index (χ0v) is 21.9. The van der Waals surface area contributed by atoms with E-state index in [1.807, 2.05) is 0 Å². The number of amides is 1. The smallest absolute Gasteiger partial charge is 0.422 e. The van der Waals surface area contributed by atoms with E-state index in [1.165, 1.54) is 25.6 Å². The van der Waals surface area contributed by atoms with E-state index in [9.17, 15) is 26.4 Å². The van der Waals surface area contributed by atoms with Gasteiger partial charge in [0.05, 0.1) is 45.1 Å². The van der Waals surface area contributed by atoms with Crippen molar-refractivity contribution in [2.24, 2.45) is 0 Å². The van der Waals surface area contributed by atoms with Crippen LogP contribution in [0.2, 0.25) is 0 Å². The third-order valence-electron chi connectivity index (χ3n) is 5.59. The van der Waals surface area contributed by atoms with Gasteiger partial charge in [-0.25, -0.2) is 8.42 Å². The maximum Gasteiger partial charge on any atom is 0.422 e. The van der Waals surface area contributed by atoms with E-state index in [0.29, 0.717) is 22.8 Å². The van der Waals surface area contributed by atoms with Crippen LogP contribution in [0.4, 0.5) is 18.9 Å². The van der Waals surface area contributed by atoms with Crippen LogP contribution < -0.4 is 24.3 Å². The molecular formula is C24H29F3N2O8S. The van der Waals surface area contributed by atoms with Gasteiger partial charge in [0, 0.05) is 19.5 Å². The van der Waals surface area contributed by atoms with Crippen molar-refractivity contribution in [2.45, 2.75) is 23.9 Å². The molecule has 0 aliphatic carbocycles. The number of carbonyl (C=O) groups excluding carboxylic acids is 1. The zero-order valence-electron chi connectivity index (χ0n) is 21.1. The first-order valence-electron chi connectivity index (χ1n) is 11.5. The quantitative estimate of drug-likeness (QED) is 0.444. The Hall–Kier alpha value is -3.23. The summed E-state index contributed by atoms with van der Waals surface area (Å²) >= 11 is 0. The molecular weight excluding hydrogens is 533 g/mol. The first-order valence-corrected chi connectivity index (χ1v) is 12.9. The van der Waals surface area contributed by atoms with Crippen molar-refractivity contribution in [1.29, 1.82) is 0 Å². The lowest BCUT2D eigenvalue weighted by Gasteiger charge is -2.26. The summed E-state index contributed by atoms with van der Waals surface area (Å²) in [6.45, 7) is -0.916. The number of methoxy groups -OCH3 is 3. The van der Waals surface area contributed by atoms with Gasteiger partial charge in [0.2, 0.25) is 21.7 Å². The van der Waals surface area contributed by atoms with Gasteiger partial charge in [0.25, 0.3) is 0 Å². The molecule has 0 radical (unpaired) electrons. The minimum atomic E-state index is -4.63. The number of morpholine rings is 1. The standard InChI is InChI=1S/C24H29F3N2O8S/c1-33-20-12-16(13-21(34-2)23(20)35-3)4-7-22(30)28-18-14-17(5-6-19(18)37-15-24(25,26)27)38(31,32)29-8-10-36-11-9-29/h5-6,12-14H,4,7-11,15H2,1-3H3,(H,28,30). The normalized spacial score (nSPS) is 14.6. The lowest BCUT2D eigenvalue weighted by molar-refractivity contribution is -0.153. The number of hydrogen-bond acceptors (Lipinski definition) is 8. The van der Waals surface area contributed by atoms with E-state index in [4.69, 9.17) is 23.7 Å². The Balaban J connectivity index is 1.82. The van der Waals surface area contributed by atoms with Crippen LogP contribution in [0.15, 0.2) is 35.2 Å². The summed E-state index contributed by atoms with van der Waals surface area (Å²) in [4.78, 5) is 12.6. The van der Waals surface area contributed by atoms with Crippen LogP contribution in [-0.4, -0.2) is 79.0 Å². The molecule has 38 heavy (non-hydrogen) atoms. The van der Waals surface area contributed by atoms with Crippen molar-refractivity contribution >= 4 is 21.6 Å². The molecule has 2 aromatic rings. The highest BCUT2D eigenvalue weighted by Gasteiger charge is 2.30. The third-order valence-corrected chi connectivity index (χ3v) is 7.48. The highest BCUT2D eigenvalue weighted by Crippen LogP contribution is 2.38. The molecule has 0 unspecified atom stereocenters. The highest BCUT2D eigenvalue weighted by molar-refractivity contribution is 7.89. The molecule has 1 aliphatic rings. The fourth-order valence-corrected chi connectivity index (χ4v) is 5.17. The maximum atomic E-state index is 13.0. The van der Waals surface area contributed by atoms with E-state index in [2.05, 4.69) is 5.32 Å². The van der Waals surface area contributed by atoms with Gasteiger partial charge in [-0.1, -0.05) is 0 Å². The number of aryl methyl sites for hydroxylation is 1. The molecule has 2 aromatic carbocycles. The van der Waals surface area contributed by atoms with Gasteiger partial charge in [0.1, 0.15) is 5.75 Å². The van der Waals surface area contributed by atoms with Crippen molar-refractivity contribution < 1.29 is 50.1 Å². The fourth-order valence-electron chi connectivity index (χ4n) is 3.74. The number of alkyl halides is 3. The van der Waals surface area contributed by atoms with Gasteiger partial charge in [0.15, 0.2) is 18.1 Å². The van der Waals surface area contributed by atoms with Crippen molar-refractivity contribution in [3.63, 3.8) is 0 Å². The molecule has 210 valence electrons. The molecule has 1 aliphatic heterocycles. The number of sulfonamides is 1. The lowest BCUT2D eigenvalue weighted by atomic mass is 10.1. The maximum absolute atomic E-state index is 13.0. The predicted octanol–water partition coefficient (Wildman–Crippen LogP) is 3.25. The summed E-state index contributed by atoms with van der Waals surface area (Å²) in [5.41, 5.74) is 0.477. The summed E-state index contributed by atoms with van der Waals surface area (Å²) in [5, 5.41) is 2.49. The minimum Gasteiger partial charge on any atom is -0.493 e. The van der Waals surface area contributed by atoms with Gasteiger partial charge in [-0.05, 0) is 42.3 Å². The molecule has 0 spiro atoms. The minimum absolute atomic E-state index is 0.0855. The molecule has 1 amide bonds. The number of nitrogens with zero attached hydrogens (tertiary/aromatic N) is 1. The van der Waals surface area contributed by atoms with Gasteiger partial charge in [-0.3, -0.25) is 4.79 Å². The average molecular weight is 563 g/mol. The topological polar surface area (TPSA) is 113 Å². The summed E-state index contributed by atoms with van der Waals surface area (Å²) in [6.07, 6.45) is -4.50. The van der Waals surface area contributed by atoms with Crippen LogP contribution in [0.5, 0.6) is 23.0 Å². The van der Waals surface area contributed by atoms with Crippen LogP contribution in [0, 0.1) is 0 Å². The molecule has 1 heterocycles. The van der Waals surface area contributed by atoms with Crippen LogP contribution in [0.1, 0.15) is 12.0 Å². The van der Waals surface area contributed by atoms with Crippen molar-refractivity contribution in [3.8, 4) is 23.0 Å². The Kier molecular flexibility index (Phi) is 9.68. The van der Waals surface area contributed by atoms with E-state index in [0.717, 1.165) is 18.2 Å². The Morgan fingerprint density at radius 2 is 1.63 bits per heavy atom. The average Bonchev–Trinajstić information content (AvgIpc) is 2.90. The number of anilines is 1. The van der Waals surface area contributed by atoms with Crippen molar-refractivity contribution in [1.82, 2.24) is 4.31 Å². The number of halogens is 3. The van der Waals surface area contributed by atoms with Gasteiger partial charge < -0.3 is 29.0 Å². The van der Waals surface area contributed by atoms with Crippen molar-refractivity contribution in [3.05, 3.63) is 35.9 Å². The molecule has 1 saturated heterocycles. The van der Waals surface area contributed by atoms with Gasteiger partial charge in [-0.2, -0.15) is 17.5 Å². The van der Waals surface area contributed by atoms with Crippen LogP contribution in [0.25, 0.3) is 0 Å². The SMILES string of the molecule is COc1cc(CCC(=O)Nc2cc(S(=O)(=O)N3CCOCC3)ccc2OCC(F)(F)F)cc(OC)c1OC. The summed E-state index contributed by atoms with van der Waals surface area (Å²) in [5.74, 6) is 0.283. The number of benzene rings is 2. The van der Waals surface area contributed by atoms with Crippen LogP contribution >= 0.6 is 0 Å². The largest absolute Gasteiger partial charge is 0.493 e. The van der Waals surface area contributed by atoms with E-state index >= 15 is 0 Å². The molecule has 0 atom stereocenters. The monoisotopic (exact) mass is 562 g/mol. The first kappa shape index (κ1) is 29.3. The number of rotatable bonds is 11. The van der Waals surface area contributed by atoms with Gasteiger partial charge in [-0.15, -0.1) is 0 Å². The number of nitrogens with one attached hydrogen (secondary N) is 1. The Labute approximate surface area is 218 Å². The van der Waals surface area contributed by atoms with Crippen molar-refractivity contribution in [2.75, 3.05) is 59.6 Å². The Morgan fingerprint density at radius 1 is 1.00 bits per heavy atom. The molecule has 0 bridgehead atoms. The van der Waals surface area contributed by atoms with E-state index in [1.54, 1.807) is 12.1 Å². The fraction of sp³-hybridized carbons (Fsp3) is 0.458. The predicted molar refractivity (Wildman–Crippen MR) is 131 cm³/mol. The second-order valence-corrected chi connectivity index (χ2v) is 10.1. The second kappa shape index (κ2) is 12.5. The summed E-state index contributed by atoms with van der Waals surface area (Å²) in [7, 11) is 0.390. The second-order valence-electron chi connectivity index (χ2n) is 8.16. The molecule has 1 N–H and O–H groups in total. The van der Waals surface area contributed by atoms with E-state index in [-0.39, 0.29) is 55.5 Å². The zero-order chi connectivity index (χ0) is 27.9. The summed E-state index contributed by atoms with van der Waals surface area (Å²) < 4.78 is 91.5. The first-order chi connectivity index (χ1) is 18.0. The van der Waals surface area contributed by atoms with Gasteiger partial charge >= 0.3 is 6.18 Å².